The molecule has 1 saturated carbocycles. The number of rotatable bonds is 4. The van der Waals surface area contributed by atoms with Crippen molar-refractivity contribution in [3.63, 3.8) is 0 Å². The molecule has 1 aliphatic heterocycles. The van der Waals surface area contributed by atoms with E-state index in [-0.39, 0.29) is 18.7 Å². The molecule has 4 nitrogen and oxygen atoms in total. The zero-order valence-corrected chi connectivity index (χ0v) is 15.5. The van der Waals surface area contributed by atoms with Gasteiger partial charge in [0.25, 0.3) is 0 Å². The van der Waals surface area contributed by atoms with Gasteiger partial charge in [-0.3, -0.25) is 4.79 Å². The predicted molar refractivity (Wildman–Crippen MR) is 101 cm³/mol. The average molecular weight is 372 g/mol. The zero-order chi connectivity index (χ0) is 18.1. The molecule has 0 radical (unpaired) electrons. The molecule has 2 aromatic rings. The van der Waals surface area contributed by atoms with Crippen molar-refractivity contribution in [1.29, 1.82) is 0 Å². The molecule has 0 spiro atoms. The van der Waals surface area contributed by atoms with Crippen LogP contribution in [0.1, 0.15) is 49.8 Å². The molecule has 2 aliphatic rings. The van der Waals surface area contributed by atoms with E-state index in [9.17, 15) is 4.79 Å². The fraction of sp³-hybridized carbons (Fsp3) is 0.381. The van der Waals surface area contributed by atoms with Gasteiger partial charge >= 0.3 is 0 Å². The highest BCUT2D eigenvalue weighted by atomic mass is 35.5. The number of hydrogen-bond donors (Lipinski definition) is 1. The van der Waals surface area contributed by atoms with Crippen molar-refractivity contribution in [2.24, 2.45) is 0 Å². The Kier molecular flexibility index (Phi) is 4.53. The standard InChI is InChI=1S/C21H22ClNO3/c1-14(15-4-9-18-19(12-15)26-13-25-18)23-20(24)21(10-2-3-11-21)16-5-7-17(22)8-6-16/h4-9,12,14H,2-3,10-11,13H2,1H3,(H,23,24). The second-order valence-electron chi connectivity index (χ2n) is 7.10. The molecule has 1 amide bonds. The minimum atomic E-state index is -0.463. The highest BCUT2D eigenvalue weighted by Crippen LogP contribution is 2.42. The average Bonchev–Trinajstić information content (AvgIpc) is 3.31. The second kappa shape index (κ2) is 6.84. The molecule has 4 rings (SSSR count). The van der Waals surface area contributed by atoms with Crippen molar-refractivity contribution in [1.82, 2.24) is 5.32 Å². The molecule has 1 atom stereocenters. The van der Waals surface area contributed by atoms with Crippen LogP contribution in [0.4, 0.5) is 0 Å². The Bertz CT molecular complexity index is 813. The van der Waals surface area contributed by atoms with E-state index in [0.717, 1.165) is 48.3 Å². The van der Waals surface area contributed by atoms with Crippen LogP contribution in [0, 0.1) is 0 Å². The summed E-state index contributed by atoms with van der Waals surface area (Å²) < 4.78 is 10.8. The summed E-state index contributed by atoms with van der Waals surface area (Å²) in [5, 5.41) is 3.91. The van der Waals surface area contributed by atoms with Gasteiger partial charge in [0.05, 0.1) is 11.5 Å². The first-order valence-electron chi connectivity index (χ1n) is 9.05. The van der Waals surface area contributed by atoms with Crippen molar-refractivity contribution in [3.05, 3.63) is 58.6 Å². The van der Waals surface area contributed by atoms with Gasteiger partial charge in [-0.2, -0.15) is 0 Å². The van der Waals surface area contributed by atoms with E-state index in [1.165, 1.54) is 0 Å². The van der Waals surface area contributed by atoms with Gasteiger partial charge in [0.1, 0.15) is 0 Å². The second-order valence-corrected chi connectivity index (χ2v) is 7.54. The lowest BCUT2D eigenvalue weighted by atomic mass is 9.77. The van der Waals surface area contributed by atoms with Crippen LogP contribution in [-0.4, -0.2) is 12.7 Å². The minimum absolute atomic E-state index is 0.0856. The smallest absolute Gasteiger partial charge is 0.231 e. The third kappa shape index (κ3) is 3.03. The lowest BCUT2D eigenvalue weighted by Gasteiger charge is -2.30. The molecule has 2 aromatic carbocycles. The third-order valence-electron chi connectivity index (χ3n) is 5.53. The molecule has 0 bridgehead atoms. The number of carbonyl (C=O) groups excluding carboxylic acids is 1. The first kappa shape index (κ1) is 17.2. The summed E-state index contributed by atoms with van der Waals surface area (Å²) in [6, 6.07) is 13.4. The van der Waals surface area contributed by atoms with E-state index in [1.807, 2.05) is 49.4 Å². The monoisotopic (exact) mass is 371 g/mol. The molecule has 1 N–H and O–H groups in total. The number of benzene rings is 2. The fourth-order valence-corrected chi connectivity index (χ4v) is 4.12. The van der Waals surface area contributed by atoms with Gasteiger partial charge in [-0.15, -0.1) is 0 Å². The van der Waals surface area contributed by atoms with E-state index < -0.39 is 5.41 Å². The first-order valence-corrected chi connectivity index (χ1v) is 9.43. The van der Waals surface area contributed by atoms with E-state index in [0.29, 0.717) is 5.02 Å². The number of amides is 1. The topological polar surface area (TPSA) is 47.6 Å². The number of nitrogens with one attached hydrogen (secondary N) is 1. The predicted octanol–water partition coefficient (Wildman–Crippen LogP) is 4.76. The molecule has 0 saturated heterocycles. The number of halogens is 1. The Morgan fingerprint density at radius 1 is 1.08 bits per heavy atom. The zero-order valence-electron chi connectivity index (χ0n) is 14.8. The summed E-state index contributed by atoms with van der Waals surface area (Å²) in [6.07, 6.45) is 3.87. The lowest BCUT2D eigenvalue weighted by molar-refractivity contribution is -0.127. The minimum Gasteiger partial charge on any atom is -0.454 e. The Labute approximate surface area is 158 Å². The van der Waals surface area contributed by atoms with E-state index in [2.05, 4.69) is 5.32 Å². The molecule has 1 heterocycles. The van der Waals surface area contributed by atoms with E-state index in [1.54, 1.807) is 0 Å². The lowest BCUT2D eigenvalue weighted by Crippen LogP contribution is -2.43. The maximum absolute atomic E-state index is 13.3. The number of carbonyl (C=O) groups is 1. The summed E-state index contributed by atoms with van der Waals surface area (Å²) in [4.78, 5) is 13.3. The molecule has 0 aromatic heterocycles. The molecule has 136 valence electrons. The van der Waals surface area contributed by atoms with Crippen molar-refractivity contribution in [2.45, 2.75) is 44.1 Å². The van der Waals surface area contributed by atoms with Gasteiger partial charge in [-0.25, -0.2) is 0 Å². The molecule has 1 aliphatic carbocycles. The van der Waals surface area contributed by atoms with Gasteiger partial charge in [0.2, 0.25) is 12.7 Å². The molecular weight excluding hydrogens is 350 g/mol. The summed E-state index contributed by atoms with van der Waals surface area (Å²) >= 11 is 6.03. The Morgan fingerprint density at radius 3 is 2.50 bits per heavy atom. The van der Waals surface area contributed by atoms with Crippen LogP contribution in [0.2, 0.25) is 5.02 Å². The number of hydrogen-bond acceptors (Lipinski definition) is 3. The maximum Gasteiger partial charge on any atom is 0.231 e. The van der Waals surface area contributed by atoms with Crippen LogP contribution in [0.5, 0.6) is 11.5 Å². The van der Waals surface area contributed by atoms with Crippen LogP contribution in [0.3, 0.4) is 0 Å². The van der Waals surface area contributed by atoms with Gasteiger partial charge in [0, 0.05) is 5.02 Å². The SMILES string of the molecule is CC(NC(=O)C1(c2ccc(Cl)cc2)CCCC1)c1ccc2c(c1)OCO2. The molecular formula is C21H22ClNO3. The molecule has 26 heavy (non-hydrogen) atoms. The van der Waals surface area contributed by atoms with Crippen molar-refractivity contribution in [2.75, 3.05) is 6.79 Å². The molecule has 1 fully saturated rings. The fourth-order valence-electron chi connectivity index (χ4n) is 3.99. The third-order valence-corrected chi connectivity index (χ3v) is 5.78. The molecule has 1 unspecified atom stereocenters. The first-order chi connectivity index (χ1) is 12.6. The largest absolute Gasteiger partial charge is 0.454 e. The van der Waals surface area contributed by atoms with E-state index >= 15 is 0 Å². The molecule has 5 heteroatoms. The highest BCUT2D eigenvalue weighted by molar-refractivity contribution is 6.30. The van der Waals surface area contributed by atoms with Gasteiger partial charge in [0.15, 0.2) is 11.5 Å². The number of fused-ring (bicyclic) bond motifs is 1. The van der Waals surface area contributed by atoms with Crippen LogP contribution < -0.4 is 14.8 Å². The summed E-state index contributed by atoms with van der Waals surface area (Å²) in [5.74, 6) is 1.57. The quantitative estimate of drug-likeness (QED) is 0.843. The van der Waals surface area contributed by atoms with Crippen LogP contribution in [0.15, 0.2) is 42.5 Å². The van der Waals surface area contributed by atoms with Crippen molar-refractivity contribution in [3.8, 4) is 11.5 Å². The Morgan fingerprint density at radius 2 is 1.77 bits per heavy atom. The van der Waals surface area contributed by atoms with Gasteiger partial charge in [-0.05, 0) is 55.2 Å². The van der Waals surface area contributed by atoms with Crippen molar-refractivity contribution >= 4 is 17.5 Å². The highest BCUT2D eigenvalue weighted by Gasteiger charge is 2.43. The summed E-state index contributed by atoms with van der Waals surface area (Å²) in [6.45, 7) is 2.25. The number of ether oxygens (including phenoxy) is 2. The van der Waals surface area contributed by atoms with E-state index in [4.69, 9.17) is 21.1 Å². The van der Waals surface area contributed by atoms with Crippen molar-refractivity contribution < 1.29 is 14.3 Å². The summed E-state index contributed by atoms with van der Waals surface area (Å²) in [7, 11) is 0. The van der Waals surface area contributed by atoms with Crippen LogP contribution in [-0.2, 0) is 10.2 Å². The summed E-state index contributed by atoms with van der Waals surface area (Å²) in [5.41, 5.74) is 1.59. The van der Waals surface area contributed by atoms with Gasteiger partial charge in [-0.1, -0.05) is 42.6 Å². The normalized spacial score (nSPS) is 18.5. The van der Waals surface area contributed by atoms with Crippen LogP contribution >= 0.6 is 11.6 Å². The maximum atomic E-state index is 13.3. The Hall–Kier alpha value is -2.20. The Balaban J connectivity index is 1.56. The van der Waals surface area contributed by atoms with Gasteiger partial charge < -0.3 is 14.8 Å². The van der Waals surface area contributed by atoms with Crippen LogP contribution in [0.25, 0.3) is 0 Å².